The summed E-state index contributed by atoms with van der Waals surface area (Å²) in [6.07, 6.45) is 2.31. The molecule has 0 aliphatic carbocycles. The van der Waals surface area contributed by atoms with Gasteiger partial charge >= 0.3 is 0 Å². The van der Waals surface area contributed by atoms with Gasteiger partial charge in [-0.15, -0.1) is 0 Å². The number of nitrogens with one attached hydrogen (secondary N) is 1. The number of para-hydroxylation sites is 1. The summed E-state index contributed by atoms with van der Waals surface area (Å²) in [6, 6.07) is 30.3. The van der Waals surface area contributed by atoms with Gasteiger partial charge in [-0.1, -0.05) is 78.9 Å². The van der Waals surface area contributed by atoms with Crippen molar-refractivity contribution in [3.63, 3.8) is 0 Å². The van der Waals surface area contributed by atoms with Crippen molar-refractivity contribution in [3.8, 4) is 16.9 Å². The Morgan fingerprint density at radius 2 is 1.47 bits per heavy atom. The van der Waals surface area contributed by atoms with E-state index in [1.807, 2.05) is 108 Å². The number of amides is 1. The minimum Gasteiger partial charge on any atom is -0.352 e. The van der Waals surface area contributed by atoms with Crippen LogP contribution in [0.4, 0.5) is 0 Å². The Morgan fingerprint density at radius 1 is 0.833 bits per heavy atom. The van der Waals surface area contributed by atoms with Crippen LogP contribution in [-0.2, 0) is 24.3 Å². The van der Waals surface area contributed by atoms with Gasteiger partial charge in [0.05, 0.1) is 30.0 Å². The number of aromatic nitrogens is 4. The summed E-state index contributed by atoms with van der Waals surface area (Å²) < 4.78 is 3.84. The fourth-order valence-electron chi connectivity index (χ4n) is 4.45. The summed E-state index contributed by atoms with van der Waals surface area (Å²) in [5.74, 6) is -0.0383. The molecule has 36 heavy (non-hydrogen) atoms. The van der Waals surface area contributed by atoms with E-state index in [1.54, 1.807) is 0 Å². The van der Waals surface area contributed by atoms with E-state index in [1.165, 1.54) is 5.56 Å². The van der Waals surface area contributed by atoms with Crippen LogP contribution in [0.25, 0.3) is 16.9 Å². The van der Waals surface area contributed by atoms with Crippen LogP contribution in [0.15, 0.2) is 97.2 Å². The summed E-state index contributed by atoms with van der Waals surface area (Å²) in [5.41, 5.74) is 7.88. The lowest BCUT2D eigenvalue weighted by molar-refractivity contribution is -0.120. The van der Waals surface area contributed by atoms with E-state index < -0.39 is 0 Å². The maximum Gasteiger partial charge on any atom is 0.224 e. The van der Waals surface area contributed by atoms with Gasteiger partial charge in [-0.3, -0.25) is 9.48 Å². The molecule has 0 spiro atoms. The van der Waals surface area contributed by atoms with E-state index >= 15 is 0 Å². The van der Waals surface area contributed by atoms with E-state index in [0.29, 0.717) is 13.1 Å². The molecule has 6 nitrogen and oxygen atoms in total. The second kappa shape index (κ2) is 10.4. The van der Waals surface area contributed by atoms with Crippen LogP contribution in [0.3, 0.4) is 0 Å². The molecule has 6 heteroatoms. The molecular weight excluding hydrogens is 446 g/mol. The molecule has 3 aromatic carbocycles. The van der Waals surface area contributed by atoms with Crippen molar-refractivity contribution in [1.82, 2.24) is 24.9 Å². The third kappa shape index (κ3) is 5.13. The third-order valence-corrected chi connectivity index (χ3v) is 6.33. The highest BCUT2D eigenvalue weighted by Gasteiger charge is 2.17. The molecule has 1 N–H and O–H groups in total. The average molecular weight is 476 g/mol. The molecule has 0 saturated heterocycles. The Balaban J connectivity index is 1.33. The Bertz CT molecular complexity index is 1450. The van der Waals surface area contributed by atoms with Gasteiger partial charge in [0.15, 0.2) is 0 Å². The third-order valence-electron chi connectivity index (χ3n) is 6.33. The highest BCUT2D eigenvalue weighted by molar-refractivity contribution is 5.79. The number of hydrogen-bond acceptors (Lipinski definition) is 3. The summed E-state index contributed by atoms with van der Waals surface area (Å²) in [5, 5.41) is 12.6. The molecule has 0 radical (unpaired) electrons. The maximum absolute atomic E-state index is 13.0. The first kappa shape index (κ1) is 23.3. The minimum atomic E-state index is -0.0383. The molecule has 5 rings (SSSR count). The molecule has 0 aliphatic heterocycles. The lowest BCUT2D eigenvalue weighted by atomic mass is 10.1. The van der Waals surface area contributed by atoms with Crippen molar-refractivity contribution < 1.29 is 4.79 Å². The molecule has 0 saturated carbocycles. The molecule has 1 amide bonds. The molecule has 0 fully saturated rings. The maximum atomic E-state index is 13.0. The first-order valence-electron chi connectivity index (χ1n) is 12.1. The molecule has 2 aromatic heterocycles. The molecule has 0 aliphatic rings. The quantitative estimate of drug-likeness (QED) is 0.333. The van der Waals surface area contributed by atoms with Gasteiger partial charge in [-0.25, -0.2) is 4.68 Å². The topological polar surface area (TPSA) is 64.7 Å². The normalized spacial score (nSPS) is 10.9. The van der Waals surface area contributed by atoms with E-state index in [-0.39, 0.29) is 12.3 Å². The first-order chi connectivity index (χ1) is 17.6. The molecule has 0 atom stereocenters. The van der Waals surface area contributed by atoms with Crippen molar-refractivity contribution in [1.29, 1.82) is 0 Å². The summed E-state index contributed by atoms with van der Waals surface area (Å²) in [6.45, 7) is 5.04. The Hall–Kier alpha value is -4.45. The van der Waals surface area contributed by atoms with Crippen LogP contribution in [0.5, 0.6) is 0 Å². The van der Waals surface area contributed by atoms with Crippen molar-refractivity contribution in [2.75, 3.05) is 0 Å². The first-order valence-corrected chi connectivity index (χ1v) is 12.1. The van der Waals surface area contributed by atoms with E-state index in [9.17, 15) is 4.79 Å². The van der Waals surface area contributed by atoms with Crippen LogP contribution >= 0.6 is 0 Å². The lowest BCUT2D eigenvalue weighted by Gasteiger charge is -2.07. The van der Waals surface area contributed by atoms with Gasteiger partial charge in [-0.2, -0.15) is 10.2 Å². The van der Waals surface area contributed by atoms with Crippen molar-refractivity contribution in [2.24, 2.45) is 0 Å². The van der Waals surface area contributed by atoms with Crippen LogP contribution < -0.4 is 5.32 Å². The molecular formula is C30H29N5O. The highest BCUT2D eigenvalue weighted by Crippen LogP contribution is 2.23. The molecule has 180 valence electrons. The summed E-state index contributed by atoms with van der Waals surface area (Å²) in [7, 11) is 0. The van der Waals surface area contributed by atoms with Gasteiger partial charge in [0.1, 0.15) is 0 Å². The number of hydrogen-bond donors (Lipinski definition) is 1. The van der Waals surface area contributed by atoms with Gasteiger partial charge in [0, 0.05) is 35.1 Å². The van der Waals surface area contributed by atoms with Crippen LogP contribution in [0.1, 0.15) is 28.1 Å². The van der Waals surface area contributed by atoms with Crippen molar-refractivity contribution >= 4 is 5.91 Å². The fraction of sp³-hybridized carbons (Fsp3) is 0.167. The minimum absolute atomic E-state index is 0.0383. The number of rotatable bonds is 8. The average Bonchev–Trinajstić information content (AvgIpc) is 3.44. The van der Waals surface area contributed by atoms with Gasteiger partial charge in [0.2, 0.25) is 5.91 Å². The zero-order chi connectivity index (χ0) is 24.9. The fourth-order valence-corrected chi connectivity index (χ4v) is 4.45. The smallest absolute Gasteiger partial charge is 0.224 e. The Labute approximate surface area is 211 Å². The number of carbonyl (C=O) groups is 1. The van der Waals surface area contributed by atoms with Gasteiger partial charge < -0.3 is 5.32 Å². The van der Waals surface area contributed by atoms with Crippen LogP contribution in [-0.4, -0.2) is 25.5 Å². The number of aryl methyl sites for hydroxylation is 1. The SMILES string of the molecule is Cc1nn(-c2ccccc2)c(C)c1CC(=O)NCc1cn(Cc2ccccc2)nc1-c1ccccc1. The Morgan fingerprint density at radius 3 is 2.17 bits per heavy atom. The van der Waals surface area contributed by atoms with Gasteiger partial charge in [-0.05, 0) is 31.5 Å². The second-order valence-corrected chi connectivity index (χ2v) is 8.90. The van der Waals surface area contributed by atoms with Crippen LogP contribution in [0, 0.1) is 13.8 Å². The zero-order valence-electron chi connectivity index (χ0n) is 20.6. The largest absolute Gasteiger partial charge is 0.352 e. The van der Waals surface area contributed by atoms with Crippen LogP contribution in [0.2, 0.25) is 0 Å². The summed E-state index contributed by atoms with van der Waals surface area (Å²) in [4.78, 5) is 13.0. The summed E-state index contributed by atoms with van der Waals surface area (Å²) >= 11 is 0. The standard InChI is InChI=1S/C30H29N5O/c1-22-28(23(2)35(32-22)27-16-10-5-11-17-27)18-29(36)31-19-26-21-34(20-24-12-6-3-7-13-24)33-30(26)25-14-8-4-9-15-25/h3-17,21H,18-20H2,1-2H3,(H,31,36). The Kier molecular flexibility index (Phi) is 6.76. The van der Waals surface area contributed by atoms with Gasteiger partial charge in [0.25, 0.3) is 0 Å². The molecule has 5 aromatic rings. The van der Waals surface area contributed by atoms with E-state index in [4.69, 9.17) is 5.10 Å². The molecule has 0 bridgehead atoms. The van der Waals surface area contributed by atoms with Crippen molar-refractivity contribution in [3.05, 3.63) is 125 Å². The highest BCUT2D eigenvalue weighted by atomic mass is 16.1. The number of carbonyl (C=O) groups excluding carboxylic acids is 1. The van der Waals surface area contributed by atoms with E-state index in [2.05, 4.69) is 22.5 Å². The van der Waals surface area contributed by atoms with Crippen molar-refractivity contribution in [2.45, 2.75) is 33.4 Å². The monoisotopic (exact) mass is 475 g/mol. The molecule has 2 heterocycles. The second-order valence-electron chi connectivity index (χ2n) is 8.90. The number of benzene rings is 3. The van der Waals surface area contributed by atoms with E-state index in [0.717, 1.165) is 39.5 Å². The lowest BCUT2D eigenvalue weighted by Crippen LogP contribution is -2.25. The predicted molar refractivity (Wildman–Crippen MR) is 142 cm³/mol. The molecule has 0 unspecified atom stereocenters. The predicted octanol–water partition coefficient (Wildman–Crippen LogP) is 5.26. The number of nitrogens with zero attached hydrogens (tertiary/aromatic N) is 4. The zero-order valence-corrected chi connectivity index (χ0v) is 20.6.